The maximum Gasteiger partial charge on any atom is 0.119 e. The van der Waals surface area contributed by atoms with Crippen LogP contribution in [-0.2, 0) is 0 Å². The van der Waals surface area contributed by atoms with Gasteiger partial charge in [-0.25, -0.2) is 0 Å². The summed E-state index contributed by atoms with van der Waals surface area (Å²) in [5, 5.41) is 3.34. The molecule has 0 aromatic heterocycles. The minimum atomic E-state index is 0. The molecule has 1 aliphatic heterocycles. The molecule has 1 aromatic rings. The van der Waals surface area contributed by atoms with E-state index >= 15 is 0 Å². The van der Waals surface area contributed by atoms with Crippen molar-refractivity contribution in [3.05, 3.63) is 24.3 Å². The van der Waals surface area contributed by atoms with Gasteiger partial charge in [-0.3, -0.25) is 0 Å². The molecule has 1 fully saturated rings. The number of piperidine rings is 1. The maximum absolute atomic E-state index is 5.91. The number of hydrogen-bond donors (Lipinski definition) is 1. The number of benzene rings is 1. The average molecular weight is 260 g/mol. The largest absolute Gasteiger partial charge is 0.490 e. The first-order valence-electron chi connectivity index (χ1n) is 5.40. The van der Waals surface area contributed by atoms with Crippen LogP contribution in [0.15, 0.2) is 29.2 Å². The van der Waals surface area contributed by atoms with Crippen molar-refractivity contribution in [2.45, 2.75) is 23.8 Å². The third-order valence-electron chi connectivity index (χ3n) is 2.65. The van der Waals surface area contributed by atoms with Gasteiger partial charge in [0.15, 0.2) is 0 Å². The highest BCUT2D eigenvalue weighted by Gasteiger charge is 2.13. The molecular weight excluding hydrogens is 242 g/mol. The van der Waals surface area contributed by atoms with Crippen LogP contribution in [0.5, 0.6) is 5.75 Å². The van der Waals surface area contributed by atoms with Gasteiger partial charge in [-0.2, -0.15) is 0 Å². The third kappa shape index (κ3) is 3.89. The van der Waals surface area contributed by atoms with E-state index in [4.69, 9.17) is 4.74 Å². The second-order valence-corrected chi connectivity index (χ2v) is 4.62. The molecule has 0 atom stereocenters. The smallest absolute Gasteiger partial charge is 0.119 e. The van der Waals surface area contributed by atoms with E-state index in [1.165, 1.54) is 4.90 Å². The summed E-state index contributed by atoms with van der Waals surface area (Å²) < 4.78 is 5.91. The Kier molecular flexibility index (Phi) is 6.03. The Hall–Kier alpha value is -0.380. The van der Waals surface area contributed by atoms with Crippen molar-refractivity contribution in [2.24, 2.45) is 0 Å². The number of ether oxygens (including phenoxy) is 1. The second kappa shape index (κ2) is 7.05. The summed E-state index contributed by atoms with van der Waals surface area (Å²) in [4.78, 5) is 1.28. The fourth-order valence-electron chi connectivity index (χ4n) is 1.76. The highest BCUT2D eigenvalue weighted by atomic mass is 35.5. The summed E-state index contributed by atoms with van der Waals surface area (Å²) in [5.41, 5.74) is 0. The second-order valence-electron chi connectivity index (χ2n) is 3.74. The summed E-state index contributed by atoms with van der Waals surface area (Å²) in [6.07, 6.45) is 4.71. The van der Waals surface area contributed by atoms with E-state index in [0.717, 1.165) is 31.7 Å². The van der Waals surface area contributed by atoms with Crippen LogP contribution in [0.2, 0.25) is 0 Å². The number of hydrogen-bond acceptors (Lipinski definition) is 3. The van der Waals surface area contributed by atoms with Crippen molar-refractivity contribution < 1.29 is 4.74 Å². The number of halogens is 1. The Labute approximate surface area is 108 Å². The molecule has 16 heavy (non-hydrogen) atoms. The molecule has 0 bridgehead atoms. The summed E-state index contributed by atoms with van der Waals surface area (Å²) in [6.45, 7) is 2.15. The normalized spacial score (nSPS) is 16.6. The lowest BCUT2D eigenvalue weighted by molar-refractivity contribution is 0.162. The Morgan fingerprint density at radius 2 is 1.81 bits per heavy atom. The molecular formula is C12H18ClNOS. The van der Waals surface area contributed by atoms with E-state index in [0.29, 0.717) is 6.10 Å². The molecule has 0 amide bonds. The molecule has 2 nitrogen and oxygen atoms in total. The van der Waals surface area contributed by atoms with Gasteiger partial charge in [-0.1, -0.05) is 0 Å². The quantitative estimate of drug-likeness (QED) is 0.844. The molecule has 4 heteroatoms. The molecule has 0 unspecified atom stereocenters. The standard InChI is InChI=1S/C12H17NOS.ClH/c1-15-12-4-2-10(3-5-12)14-11-6-8-13-9-7-11;/h2-5,11,13H,6-9H2,1H3;1H. The zero-order valence-electron chi connectivity index (χ0n) is 9.44. The predicted octanol–water partition coefficient (Wildman–Crippen LogP) is 2.96. The first-order valence-corrected chi connectivity index (χ1v) is 6.62. The monoisotopic (exact) mass is 259 g/mol. The number of thioether (sulfide) groups is 1. The van der Waals surface area contributed by atoms with E-state index in [1.807, 2.05) is 0 Å². The van der Waals surface area contributed by atoms with Gasteiger partial charge in [0, 0.05) is 4.90 Å². The first-order chi connectivity index (χ1) is 7.38. The summed E-state index contributed by atoms with van der Waals surface area (Å²) >= 11 is 1.76. The van der Waals surface area contributed by atoms with Crippen LogP contribution in [0, 0.1) is 0 Å². The van der Waals surface area contributed by atoms with Gasteiger partial charge in [-0.15, -0.1) is 24.2 Å². The lowest BCUT2D eigenvalue weighted by Gasteiger charge is -2.23. The van der Waals surface area contributed by atoms with Gasteiger partial charge >= 0.3 is 0 Å². The van der Waals surface area contributed by atoms with Gasteiger partial charge in [0.2, 0.25) is 0 Å². The van der Waals surface area contributed by atoms with Crippen LogP contribution in [0.3, 0.4) is 0 Å². The Bertz CT molecular complexity index is 298. The predicted molar refractivity (Wildman–Crippen MR) is 72.0 cm³/mol. The van der Waals surface area contributed by atoms with E-state index in [2.05, 4.69) is 35.8 Å². The van der Waals surface area contributed by atoms with Crippen molar-refractivity contribution in [2.75, 3.05) is 19.3 Å². The highest BCUT2D eigenvalue weighted by Crippen LogP contribution is 2.21. The van der Waals surface area contributed by atoms with Crippen molar-refractivity contribution in [3.8, 4) is 5.75 Å². The first kappa shape index (κ1) is 13.7. The SMILES string of the molecule is CSc1ccc(OC2CCNCC2)cc1.Cl. The summed E-state index contributed by atoms with van der Waals surface area (Å²) in [7, 11) is 0. The average Bonchev–Trinajstić information content (AvgIpc) is 2.31. The van der Waals surface area contributed by atoms with Crippen molar-refractivity contribution >= 4 is 24.2 Å². The van der Waals surface area contributed by atoms with Crippen molar-refractivity contribution in [1.29, 1.82) is 0 Å². The number of rotatable bonds is 3. The van der Waals surface area contributed by atoms with Crippen molar-refractivity contribution in [3.63, 3.8) is 0 Å². The van der Waals surface area contributed by atoms with Gasteiger partial charge in [0.1, 0.15) is 11.9 Å². The Morgan fingerprint density at radius 3 is 2.38 bits per heavy atom. The van der Waals surface area contributed by atoms with Crippen LogP contribution >= 0.6 is 24.2 Å². The van der Waals surface area contributed by atoms with Crippen LogP contribution in [-0.4, -0.2) is 25.4 Å². The van der Waals surface area contributed by atoms with Gasteiger partial charge < -0.3 is 10.1 Å². The molecule has 2 rings (SSSR count). The van der Waals surface area contributed by atoms with Crippen LogP contribution in [0.4, 0.5) is 0 Å². The van der Waals surface area contributed by atoms with E-state index < -0.39 is 0 Å². The lowest BCUT2D eigenvalue weighted by Crippen LogP contribution is -2.34. The van der Waals surface area contributed by atoms with E-state index in [-0.39, 0.29) is 12.4 Å². The zero-order valence-corrected chi connectivity index (χ0v) is 11.1. The molecule has 1 saturated heterocycles. The van der Waals surface area contributed by atoms with Crippen molar-refractivity contribution in [1.82, 2.24) is 5.32 Å². The van der Waals surface area contributed by atoms with E-state index in [1.54, 1.807) is 11.8 Å². The minimum absolute atomic E-state index is 0. The lowest BCUT2D eigenvalue weighted by atomic mass is 10.1. The zero-order chi connectivity index (χ0) is 10.5. The molecule has 90 valence electrons. The molecule has 1 aliphatic rings. The Morgan fingerprint density at radius 1 is 1.19 bits per heavy atom. The molecule has 1 aromatic carbocycles. The highest BCUT2D eigenvalue weighted by molar-refractivity contribution is 7.98. The van der Waals surface area contributed by atoms with Crippen LogP contribution < -0.4 is 10.1 Å². The van der Waals surface area contributed by atoms with E-state index in [9.17, 15) is 0 Å². The molecule has 0 saturated carbocycles. The van der Waals surface area contributed by atoms with Crippen LogP contribution in [0.1, 0.15) is 12.8 Å². The molecule has 0 aliphatic carbocycles. The third-order valence-corrected chi connectivity index (χ3v) is 3.39. The van der Waals surface area contributed by atoms with Gasteiger partial charge in [0.05, 0.1) is 0 Å². The topological polar surface area (TPSA) is 21.3 Å². The molecule has 1 heterocycles. The van der Waals surface area contributed by atoms with Gasteiger partial charge in [-0.05, 0) is 56.5 Å². The Balaban J connectivity index is 0.00000128. The fraction of sp³-hybridized carbons (Fsp3) is 0.500. The van der Waals surface area contributed by atoms with Gasteiger partial charge in [0.25, 0.3) is 0 Å². The fourth-order valence-corrected chi connectivity index (χ4v) is 2.17. The maximum atomic E-state index is 5.91. The summed E-state index contributed by atoms with van der Waals surface area (Å²) in [6, 6.07) is 8.35. The molecule has 1 N–H and O–H groups in total. The molecule has 0 radical (unpaired) electrons. The number of nitrogens with one attached hydrogen (secondary N) is 1. The summed E-state index contributed by atoms with van der Waals surface area (Å²) in [5.74, 6) is 1.000. The molecule has 0 spiro atoms. The minimum Gasteiger partial charge on any atom is -0.490 e. The van der Waals surface area contributed by atoms with Crippen LogP contribution in [0.25, 0.3) is 0 Å².